The number of amides is 3. The predicted octanol–water partition coefficient (Wildman–Crippen LogP) is 3.28. The van der Waals surface area contributed by atoms with Crippen LogP contribution in [0.25, 0.3) is 0 Å². The van der Waals surface area contributed by atoms with E-state index in [9.17, 15) is 14.4 Å². The Balaban J connectivity index is 1.49. The van der Waals surface area contributed by atoms with Gasteiger partial charge in [0, 0.05) is 31.2 Å². The highest BCUT2D eigenvalue weighted by molar-refractivity contribution is 6.02. The lowest BCUT2D eigenvalue weighted by atomic mass is 9.75. The third kappa shape index (κ3) is 4.47. The van der Waals surface area contributed by atoms with Crippen molar-refractivity contribution in [3.05, 3.63) is 58.7 Å². The topological polar surface area (TPSA) is 97.4 Å². The summed E-state index contributed by atoms with van der Waals surface area (Å²) in [6.07, 6.45) is 1.70. The molecule has 0 aliphatic carbocycles. The van der Waals surface area contributed by atoms with Crippen molar-refractivity contribution in [2.24, 2.45) is 0 Å². The van der Waals surface area contributed by atoms with Crippen molar-refractivity contribution in [2.75, 3.05) is 40.5 Å². The van der Waals surface area contributed by atoms with Gasteiger partial charge in [0.15, 0.2) is 11.5 Å². The third-order valence-electron chi connectivity index (χ3n) is 7.68. The highest BCUT2D eigenvalue weighted by Gasteiger charge is 2.47. The van der Waals surface area contributed by atoms with Crippen molar-refractivity contribution in [3.63, 3.8) is 0 Å². The van der Waals surface area contributed by atoms with E-state index in [-0.39, 0.29) is 23.9 Å². The fraction of sp³-hybridized carbons (Fsp3) is 0.464. The molecule has 2 aromatic rings. The number of piperidine rings is 1. The molecule has 9 heteroatoms. The van der Waals surface area contributed by atoms with Crippen LogP contribution in [0.5, 0.6) is 11.5 Å². The zero-order valence-corrected chi connectivity index (χ0v) is 21.5. The second-order valence-electron chi connectivity index (χ2n) is 9.63. The van der Waals surface area contributed by atoms with Gasteiger partial charge < -0.3 is 29.3 Å². The van der Waals surface area contributed by atoms with E-state index < -0.39 is 12.0 Å². The van der Waals surface area contributed by atoms with E-state index in [1.165, 1.54) is 7.11 Å². The van der Waals surface area contributed by atoms with E-state index in [0.717, 1.165) is 17.5 Å². The van der Waals surface area contributed by atoms with Crippen molar-refractivity contribution in [3.8, 4) is 11.5 Å². The number of ether oxygens (including phenoxy) is 3. The van der Waals surface area contributed by atoms with Crippen LogP contribution in [0, 0.1) is 0 Å². The number of hydrogen-bond acceptors (Lipinski definition) is 6. The standard InChI is InChI=1S/C28H33N3O6/c1-4-37-28(34)30-12-10-18(11-13-30)29-26(32)24-20-15-22(35-2)23(36-3)16-21(20)27(33)31-14-9-17-7-5-6-8-19(17)25(24)31/h5-8,15-16,18,24-25H,4,9-14H2,1-3H3,(H,29,32)/t24-,25-/m0/s1. The lowest BCUT2D eigenvalue weighted by molar-refractivity contribution is -0.125. The molecule has 0 bridgehead atoms. The van der Waals surface area contributed by atoms with E-state index in [0.29, 0.717) is 61.7 Å². The number of hydrogen-bond donors (Lipinski definition) is 1. The summed E-state index contributed by atoms with van der Waals surface area (Å²) in [5.74, 6) is 0.0737. The lowest BCUT2D eigenvalue weighted by Gasteiger charge is -2.45. The van der Waals surface area contributed by atoms with Gasteiger partial charge in [0.25, 0.3) is 5.91 Å². The van der Waals surface area contributed by atoms with Gasteiger partial charge >= 0.3 is 6.09 Å². The number of benzene rings is 2. The molecular formula is C28H33N3O6. The Morgan fingerprint density at radius 2 is 1.70 bits per heavy atom. The first-order valence-electron chi connectivity index (χ1n) is 12.8. The van der Waals surface area contributed by atoms with E-state index in [1.807, 2.05) is 23.1 Å². The van der Waals surface area contributed by atoms with Crippen LogP contribution >= 0.6 is 0 Å². The zero-order valence-electron chi connectivity index (χ0n) is 21.5. The molecule has 0 unspecified atom stereocenters. The van der Waals surface area contributed by atoms with Gasteiger partial charge in [-0.2, -0.15) is 0 Å². The molecule has 3 aliphatic rings. The maximum absolute atomic E-state index is 14.0. The lowest BCUT2D eigenvalue weighted by Crippen LogP contribution is -2.52. The second kappa shape index (κ2) is 10.3. The summed E-state index contributed by atoms with van der Waals surface area (Å²) in [5.41, 5.74) is 3.26. The molecule has 0 aromatic heterocycles. The number of fused-ring (bicyclic) bond motifs is 4. The van der Waals surface area contributed by atoms with E-state index in [1.54, 1.807) is 31.1 Å². The third-order valence-corrected chi connectivity index (χ3v) is 7.68. The number of likely N-dealkylation sites (tertiary alicyclic amines) is 1. The molecule has 3 amide bonds. The van der Waals surface area contributed by atoms with Crippen LogP contribution < -0.4 is 14.8 Å². The van der Waals surface area contributed by atoms with Gasteiger partial charge in [0.1, 0.15) is 0 Å². The van der Waals surface area contributed by atoms with Gasteiger partial charge in [-0.3, -0.25) is 9.59 Å². The van der Waals surface area contributed by atoms with Crippen molar-refractivity contribution >= 4 is 17.9 Å². The Hall–Kier alpha value is -3.75. The van der Waals surface area contributed by atoms with Crippen LogP contribution in [-0.4, -0.2) is 74.2 Å². The van der Waals surface area contributed by atoms with Crippen molar-refractivity contribution in [2.45, 2.75) is 44.2 Å². The zero-order chi connectivity index (χ0) is 26.1. The minimum absolute atomic E-state index is 0.0771. The average molecular weight is 508 g/mol. The van der Waals surface area contributed by atoms with Gasteiger partial charge in [0.2, 0.25) is 5.91 Å². The second-order valence-corrected chi connectivity index (χ2v) is 9.63. The minimum Gasteiger partial charge on any atom is -0.493 e. The molecule has 1 saturated heterocycles. The summed E-state index contributed by atoms with van der Waals surface area (Å²) in [7, 11) is 3.08. The predicted molar refractivity (Wildman–Crippen MR) is 136 cm³/mol. The van der Waals surface area contributed by atoms with E-state index in [4.69, 9.17) is 14.2 Å². The highest BCUT2D eigenvalue weighted by Crippen LogP contribution is 2.48. The normalized spacial score (nSPS) is 20.9. The SMILES string of the molecule is CCOC(=O)N1CCC(NC(=O)[C@H]2c3cc(OC)c(OC)cc3C(=O)N3CCc4ccccc4[C@@H]23)CC1. The molecule has 0 radical (unpaired) electrons. The van der Waals surface area contributed by atoms with Gasteiger partial charge in [-0.05, 0) is 55.0 Å². The molecule has 196 valence electrons. The molecule has 1 fully saturated rings. The van der Waals surface area contributed by atoms with Crippen LogP contribution in [0.15, 0.2) is 36.4 Å². The molecule has 5 rings (SSSR count). The molecule has 0 saturated carbocycles. The highest BCUT2D eigenvalue weighted by atomic mass is 16.6. The van der Waals surface area contributed by atoms with Crippen LogP contribution in [0.1, 0.15) is 58.8 Å². The first kappa shape index (κ1) is 24.9. The summed E-state index contributed by atoms with van der Waals surface area (Å²) >= 11 is 0. The molecular weight excluding hydrogens is 474 g/mol. The summed E-state index contributed by atoms with van der Waals surface area (Å²) in [5, 5.41) is 3.24. The van der Waals surface area contributed by atoms with E-state index >= 15 is 0 Å². The van der Waals surface area contributed by atoms with Gasteiger partial charge in [-0.15, -0.1) is 0 Å². The summed E-state index contributed by atoms with van der Waals surface area (Å²) in [6, 6.07) is 11.0. The summed E-state index contributed by atoms with van der Waals surface area (Å²) in [4.78, 5) is 43.3. The van der Waals surface area contributed by atoms with Crippen molar-refractivity contribution in [1.29, 1.82) is 0 Å². The summed E-state index contributed by atoms with van der Waals surface area (Å²) < 4.78 is 16.1. The van der Waals surface area contributed by atoms with Crippen molar-refractivity contribution in [1.82, 2.24) is 15.1 Å². The minimum atomic E-state index is -0.614. The van der Waals surface area contributed by atoms with Gasteiger partial charge in [-0.1, -0.05) is 24.3 Å². The first-order chi connectivity index (χ1) is 18.0. The monoisotopic (exact) mass is 507 g/mol. The number of rotatable bonds is 5. The fourth-order valence-electron chi connectivity index (χ4n) is 5.84. The fourth-order valence-corrected chi connectivity index (χ4v) is 5.84. The maximum Gasteiger partial charge on any atom is 0.409 e. The van der Waals surface area contributed by atoms with Gasteiger partial charge in [-0.25, -0.2) is 4.79 Å². The van der Waals surface area contributed by atoms with Gasteiger partial charge in [0.05, 0.1) is 32.8 Å². The Morgan fingerprint density at radius 3 is 2.41 bits per heavy atom. The number of nitrogens with zero attached hydrogens (tertiary/aromatic N) is 2. The largest absolute Gasteiger partial charge is 0.493 e. The van der Waals surface area contributed by atoms with E-state index in [2.05, 4.69) is 11.4 Å². The maximum atomic E-state index is 14.0. The smallest absolute Gasteiger partial charge is 0.409 e. The van der Waals surface area contributed by atoms with Crippen LogP contribution in [0.2, 0.25) is 0 Å². The summed E-state index contributed by atoms with van der Waals surface area (Å²) in [6.45, 7) is 3.70. The molecule has 0 spiro atoms. The van der Waals surface area contributed by atoms with Crippen LogP contribution in [-0.2, 0) is 16.0 Å². The number of nitrogens with one attached hydrogen (secondary N) is 1. The van der Waals surface area contributed by atoms with Crippen molar-refractivity contribution < 1.29 is 28.6 Å². The number of carbonyl (C=O) groups excluding carboxylic acids is 3. The molecule has 3 heterocycles. The Kier molecular flexibility index (Phi) is 6.95. The first-order valence-corrected chi connectivity index (χ1v) is 12.8. The molecule has 2 atom stereocenters. The Labute approximate surface area is 216 Å². The molecule has 9 nitrogen and oxygen atoms in total. The van der Waals surface area contributed by atoms with Crippen LogP contribution in [0.4, 0.5) is 4.79 Å². The van der Waals surface area contributed by atoms with Crippen LogP contribution in [0.3, 0.4) is 0 Å². The molecule has 2 aromatic carbocycles. The number of methoxy groups -OCH3 is 2. The molecule has 3 aliphatic heterocycles. The average Bonchev–Trinajstić information content (AvgIpc) is 2.92. The Morgan fingerprint density at radius 1 is 1.00 bits per heavy atom. The number of carbonyl (C=O) groups is 3. The Bertz CT molecular complexity index is 1210. The molecule has 1 N–H and O–H groups in total. The molecule has 37 heavy (non-hydrogen) atoms. The quantitative estimate of drug-likeness (QED) is 0.667.